The second-order valence-electron chi connectivity index (χ2n) is 11.9. The van der Waals surface area contributed by atoms with Gasteiger partial charge in [-0.3, -0.25) is 4.98 Å². The quantitative estimate of drug-likeness (QED) is 0.161. The van der Waals surface area contributed by atoms with Crippen molar-refractivity contribution in [3.8, 4) is 56.0 Å². The molecule has 0 unspecified atom stereocenters. The molecule has 7 aromatic rings. The van der Waals surface area contributed by atoms with E-state index in [9.17, 15) is 0 Å². The van der Waals surface area contributed by atoms with Crippen LogP contribution in [0.1, 0.15) is 18.1 Å². The van der Waals surface area contributed by atoms with Gasteiger partial charge in [0.1, 0.15) is 0 Å². The minimum absolute atomic E-state index is 0.912. The summed E-state index contributed by atoms with van der Waals surface area (Å²) in [5.41, 5.74) is 14.8. The van der Waals surface area contributed by atoms with Crippen LogP contribution in [-0.4, -0.2) is 17.0 Å². The zero-order valence-electron chi connectivity index (χ0n) is 27.7. The number of allylic oxidation sites excluding steroid dienone is 3. The van der Waals surface area contributed by atoms with Gasteiger partial charge in [0.15, 0.2) is 0 Å². The zero-order valence-corrected chi connectivity index (χ0v) is 27.7. The van der Waals surface area contributed by atoms with Crippen LogP contribution in [0, 0.1) is 0 Å². The van der Waals surface area contributed by atoms with Crippen LogP contribution in [0.3, 0.4) is 0 Å². The Balaban J connectivity index is 1.44. The predicted molar refractivity (Wildman–Crippen MR) is 206 cm³/mol. The Kier molecular flexibility index (Phi) is 9.34. The number of rotatable bonds is 9. The second-order valence-corrected chi connectivity index (χ2v) is 11.9. The molecule has 3 heteroatoms. The van der Waals surface area contributed by atoms with E-state index in [0.717, 1.165) is 72.9 Å². The Bertz CT molecular complexity index is 2180. The van der Waals surface area contributed by atoms with Crippen molar-refractivity contribution in [3.63, 3.8) is 0 Å². The molecule has 0 aliphatic rings. The van der Waals surface area contributed by atoms with Crippen LogP contribution in [0.15, 0.2) is 182 Å². The van der Waals surface area contributed by atoms with E-state index in [-0.39, 0.29) is 0 Å². The minimum atomic E-state index is 0.912. The van der Waals surface area contributed by atoms with E-state index in [4.69, 9.17) is 9.97 Å². The molecule has 0 saturated heterocycles. The van der Waals surface area contributed by atoms with Gasteiger partial charge in [-0.15, -0.1) is 0 Å². The van der Waals surface area contributed by atoms with Crippen molar-refractivity contribution in [3.05, 3.63) is 193 Å². The first-order valence-corrected chi connectivity index (χ1v) is 16.6. The molecular formula is C46H37N3. The largest absolute Gasteiger partial charge is 0.388 e. The number of hydrogen-bond donors (Lipinski definition) is 1. The van der Waals surface area contributed by atoms with Gasteiger partial charge in [-0.25, -0.2) is 4.98 Å². The number of nitrogens with zero attached hydrogens (tertiary/aromatic N) is 2. The molecule has 236 valence electrons. The van der Waals surface area contributed by atoms with E-state index >= 15 is 0 Å². The molecular weight excluding hydrogens is 595 g/mol. The minimum Gasteiger partial charge on any atom is -0.388 e. The highest BCUT2D eigenvalue weighted by molar-refractivity contribution is 5.87. The van der Waals surface area contributed by atoms with E-state index < -0.39 is 0 Å². The molecule has 0 aliphatic heterocycles. The fourth-order valence-corrected chi connectivity index (χ4v) is 6.13. The van der Waals surface area contributed by atoms with Crippen molar-refractivity contribution in [1.82, 2.24) is 15.3 Å². The third-order valence-electron chi connectivity index (χ3n) is 8.69. The smallest absolute Gasteiger partial charge is 0.0715 e. The van der Waals surface area contributed by atoms with Crippen LogP contribution in [0.4, 0.5) is 0 Å². The summed E-state index contributed by atoms with van der Waals surface area (Å²) in [6.45, 7) is 2.08. The fourth-order valence-electron chi connectivity index (χ4n) is 6.13. The summed E-state index contributed by atoms with van der Waals surface area (Å²) in [6, 6.07) is 57.1. The van der Waals surface area contributed by atoms with E-state index in [1.807, 2.05) is 37.5 Å². The zero-order chi connectivity index (χ0) is 33.4. The summed E-state index contributed by atoms with van der Waals surface area (Å²) in [4.78, 5) is 10.0. The van der Waals surface area contributed by atoms with Crippen LogP contribution in [0.2, 0.25) is 0 Å². The number of hydrogen-bond acceptors (Lipinski definition) is 3. The molecule has 0 saturated carbocycles. The third kappa shape index (κ3) is 7.17. The van der Waals surface area contributed by atoms with Crippen LogP contribution in [0.5, 0.6) is 0 Å². The summed E-state index contributed by atoms with van der Waals surface area (Å²) in [5.74, 6) is 0. The van der Waals surface area contributed by atoms with Gasteiger partial charge >= 0.3 is 0 Å². The lowest BCUT2D eigenvalue weighted by molar-refractivity contribution is 1.13. The lowest BCUT2D eigenvalue weighted by Gasteiger charge is -2.16. The van der Waals surface area contributed by atoms with Gasteiger partial charge in [0, 0.05) is 35.6 Å². The average molecular weight is 632 g/mol. The molecule has 0 amide bonds. The van der Waals surface area contributed by atoms with Crippen LogP contribution in [0.25, 0.3) is 67.3 Å². The molecule has 3 nitrogen and oxygen atoms in total. The van der Waals surface area contributed by atoms with Gasteiger partial charge in [-0.05, 0) is 94.4 Å². The molecule has 7 rings (SSSR count). The maximum Gasteiger partial charge on any atom is 0.0715 e. The molecule has 1 N–H and O–H groups in total. The van der Waals surface area contributed by atoms with E-state index in [1.54, 1.807) is 0 Å². The molecule has 2 heterocycles. The van der Waals surface area contributed by atoms with Crippen molar-refractivity contribution >= 4 is 11.3 Å². The highest BCUT2D eigenvalue weighted by atomic mass is 14.8. The maximum absolute atomic E-state index is 5.14. The Morgan fingerprint density at radius 3 is 1.55 bits per heavy atom. The number of nitrogens with one attached hydrogen (secondary N) is 1. The average Bonchev–Trinajstić information content (AvgIpc) is 3.19. The SMILES string of the molecule is C/C=C(\C=C(/NC)c1cc(-c2cc(-c3ccccc3)nc(-c3ccccc3)c2)cc(-c2cc(-c3ccccc3)ccn2)c1)c1ccccc1. The van der Waals surface area contributed by atoms with E-state index in [1.165, 1.54) is 5.56 Å². The number of aromatic nitrogens is 2. The monoisotopic (exact) mass is 631 g/mol. The Labute approximate surface area is 289 Å². The lowest BCUT2D eigenvalue weighted by atomic mass is 9.93. The van der Waals surface area contributed by atoms with E-state index in [2.05, 4.69) is 164 Å². The predicted octanol–water partition coefficient (Wildman–Crippen LogP) is 11.5. The first-order chi connectivity index (χ1) is 24.2. The Morgan fingerprint density at radius 2 is 0.980 bits per heavy atom. The number of pyridine rings is 2. The summed E-state index contributed by atoms with van der Waals surface area (Å²) >= 11 is 0. The molecule has 49 heavy (non-hydrogen) atoms. The first kappa shape index (κ1) is 31.3. The molecule has 5 aromatic carbocycles. The normalized spacial score (nSPS) is 11.7. The highest BCUT2D eigenvalue weighted by Gasteiger charge is 2.14. The molecule has 0 spiro atoms. The summed E-state index contributed by atoms with van der Waals surface area (Å²) in [6.07, 6.45) is 6.28. The van der Waals surface area contributed by atoms with Crippen molar-refractivity contribution in [2.45, 2.75) is 6.92 Å². The molecule has 0 atom stereocenters. The van der Waals surface area contributed by atoms with Gasteiger partial charge < -0.3 is 5.32 Å². The Morgan fingerprint density at radius 1 is 0.469 bits per heavy atom. The third-order valence-corrected chi connectivity index (χ3v) is 8.69. The first-order valence-electron chi connectivity index (χ1n) is 16.6. The van der Waals surface area contributed by atoms with Crippen molar-refractivity contribution in [2.24, 2.45) is 0 Å². The van der Waals surface area contributed by atoms with Gasteiger partial charge in [0.2, 0.25) is 0 Å². The van der Waals surface area contributed by atoms with Crippen LogP contribution >= 0.6 is 0 Å². The summed E-state index contributed by atoms with van der Waals surface area (Å²) in [5, 5.41) is 3.51. The molecule has 0 fully saturated rings. The number of benzene rings is 5. The Hall–Kier alpha value is -6.32. The highest BCUT2D eigenvalue weighted by Crippen LogP contribution is 2.35. The summed E-state index contributed by atoms with van der Waals surface area (Å²) < 4.78 is 0. The standard InChI is InChI=1S/C46H37N3/c1-3-33(34-16-8-4-9-17-34)29-43(47-2)41-26-39(27-42(28-41)44-30-38(24-25-48-44)35-18-10-5-11-19-35)40-31-45(36-20-12-6-13-21-36)49-46(32-40)37-22-14-7-15-23-37/h3-32,47H,1-2H3/b33-3+,43-29-. The van der Waals surface area contributed by atoms with Gasteiger partial charge in [-0.2, -0.15) is 0 Å². The van der Waals surface area contributed by atoms with Gasteiger partial charge in [-0.1, -0.05) is 127 Å². The van der Waals surface area contributed by atoms with Crippen LogP contribution in [-0.2, 0) is 0 Å². The summed E-state index contributed by atoms with van der Waals surface area (Å²) in [7, 11) is 1.98. The second kappa shape index (κ2) is 14.6. The van der Waals surface area contributed by atoms with Crippen molar-refractivity contribution in [2.75, 3.05) is 7.05 Å². The lowest BCUT2D eigenvalue weighted by Crippen LogP contribution is -2.06. The van der Waals surface area contributed by atoms with Crippen molar-refractivity contribution < 1.29 is 0 Å². The van der Waals surface area contributed by atoms with Gasteiger partial charge in [0.05, 0.1) is 17.1 Å². The molecule has 0 aliphatic carbocycles. The van der Waals surface area contributed by atoms with Gasteiger partial charge in [0.25, 0.3) is 0 Å². The molecule has 0 bridgehead atoms. The maximum atomic E-state index is 5.14. The molecule has 2 aromatic heterocycles. The van der Waals surface area contributed by atoms with Crippen LogP contribution < -0.4 is 5.32 Å². The van der Waals surface area contributed by atoms with E-state index in [0.29, 0.717) is 0 Å². The molecule has 0 radical (unpaired) electrons. The fraction of sp³-hybridized carbons (Fsp3) is 0.0435. The topological polar surface area (TPSA) is 37.8 Å². The van der Waals surface area contributed by atoms with Crippen molar-refractivity contribution in [1.29, 1.82) is 0 Å².